The molecule has 0 bridgehead atoms. The zero-order valence-corrected chi connectivity index (χ0v) is 21.0. The number of imide groups is 1. The molecule has 2 aromatic carbocycles. The van der Waals surface area contributed by atoms with E-state index in [9.17, 15) is 32.3 Å². The first-order valence-corrected chi connectivity index (χ1v) is 11.9. The molecule has 9 nitrogen and oxygen atoms in total. The molecule has 0 spiro atoms. The first-order chi connectivity index (χ1) is 17.9. The van der Waals surface area contributed by atoms with Gasteiger partial charge in [0.15, 0.2) is 5.92 Å². The fourth-order valence-electron chi connectivity index (χ4n) is 4.60. The Morgan fingerprint density at radius 2 is 1.84 bits per heavy atom. The molecule has 2 heterocycles. The van der Waals surface area contributed by atoms with Crippen LogP contribution in [0, 0.1) is 19.8 Å². The molecule has 0 aliphatic carbocycles. The molecule has 4 rings (SSSR count). The normalized spacial score (nSPS) is 18.2. The van der Waals surface area contributed by atoms with Gasteiger partial charge in [0.1, 0.15) is 6.61 Å². The average Bonchev–Trinajstić information content (AvgIpc) is 3.28. The van der Waals surface area contributed by atoms with Gasteiger partial charge in [0, 0.05) is 11.4 Å². The van der Waals surface area contributed by atoms with Gasteiger partial charge in [-0.1, -0.05) is 12.1 Å². The van der Waals surface area contributed by atoms with Crippen molar-refractivity contribution in [1.82, 2.24) is 4.90 Å². The number of halogens is 3. The van der Waals surface area contributed by atoms with Crippen molar-refractivity contribution < 1.29 is 41.8 Å². The van der Waals surface area contributed by atoms with Crippen molar-refractivity contribution in [3.8, 4) is 0 Å². The van der Waals surface area contributed by atoms with Crippen molar-refractivity contribution in [3.63, 3.8) is 0 Å². The standard InChI is InChI=1S/C26H26F3N3O6/c1-4-37-23(34)19-14-31(21-9-8-18(12-15(21)2)30-10-11-38-25(30)36)24(35)32(22(19)33)13-17-6-5-7-20(16(17)3)26(27,28)29/h5-9,12,19H,4,10-11,13-14H2,1-3H3. The summed E-state index contributed by atoms with van der Waals surface area (Å²) in [6, 6.07) is 7.61. The minimum absolute atomic E-state index is 0.00293. The van der Waals surface area contributed by atoms with Gasteiger partial charge in [0.2, 0.25) is 5.91 Å². The maximum atomic E-state index is 13.6. The number of cyclic esters (lactones) is 1. The highest BCUT2D eigenvalue weighted by Gasteiger charge is 2.45. The lowest BCUT2D eigenvalue weighted by Gasteiger charge is -2.38. The molecule has 4 amide bonds. The maximum Gasteiger partial charge on any atom is 0.416 e. The SMILES string of the molecule is CCOC(=O)C1CN(c2ccc(N3CCOC3=O)cc2C)C(=O)N(Cc2cccc(C(F)(F)F)c2C)C1=O. The van der Waals surface area contributed by atoms with Crippen LogP contribution in [0.25, 0.3) is 0 Å². The number of carbonyl (C=O) groups is 4. The highest BCUT2D eigenvalue weighted by Crippen LogP contribution is 2.35. The van der Waals surface area contributed by atoms with Crippen molar-refractivity contribution in [2.24, 2.45) is 5.92 Å². The summed E-state index contributed by atoms with van der Waals surface area (Å²) in [5, 5.41) is 0. The number of rotatable bonds is 6. The first kappa shape index (κ1) is 27.0. The number of carbonyl (C=O) groups excluding carboxylic acids is 4. The molecule has 2 fully saturated rings. The zero-order chi connectivity index (χ0) is 27.8. The summed E-state index contributed by atoms with van der Waals surface area (Å²) >= 11 is 0. The molecule has 0 aromatic heterocycles. The number of anilines is 2. The van der Waals surface area contributed by atoms with Crippen LogP contribution >= 0.6 is 0 Å². The van der Waals surface area contributed by atoms with E-state index in [0.29, 0.717) is 23.5 Å². The van der Waals surface area contributed by atoms with Crippen LogP contribution in [0.15, 0.2) is 36.4 Å². The van der Waals surface area contributed by atoms with Gasteiger partial charge in [-0.3, -0.25) is 24.3 Å². The molecule has 38 heavy (non-hydrogen) atoms. The van der Waals surface area contributed by atoms with Crippen molar-refractivity contribution >= 4 is 35.4 Å². The van der Waals surface area contributed by atoms with Crippen molar-refractivity contribution in [2.75, 3.05) is 36.1 Å². The summed E-state index contributed by atoms with van der Waals surface area (Å²) in [5.41, 5.74) is 0.612. The largest absolute Gasteiger partial charge is 0.465 e. The number of ether oxygens (including phenoxy) is 2. The van der Waals surface area contributed by atoms with Gasteiger partial charge in [0.25, 0.3) is 0 Å². The lowest BCUT2D eigenvalue weighted by atomic mass is 9.99. The quantitative estimate of drug-likeness (QED) is 0.403. The highest BCUT2D eigenvalue weighted by atomic mass is 19.4. The second kappa shape index (κ2) is 10.3. The topological polar surface area (TPSA) is 96.5 Å². The average molecular weight is 534 g/mol. The number of alkyl halides is 3. The van der Waals surface area contributed by atoms with Crippen LogP contribution in [-0.4, -0.2) is 55.2 Å². The van der Waals surface area contributed by atoms with Gasteiger partial charge in [-0.05, 0) is 61.7 Å². The van der Waals surface area contributed by atoms with E-state index in [0.717, 1.165) is 11.0 Å². The molecule has 1 atom stereocenters. The molecule has 12 heteroatoms. The summed E-state index contributed by atoms with van der Waals surface area (Å²) in [7, 11) is 0. The molecule has 2 aliphatic rings. The molecule has 0 N–H and O–H groups in total. The first-order valence-electron chi connectivity index (χ1n) is 11.9. The van der Waals surface area contributed by atoms with E-state index in [1.165, 1.54) is 28.9 Å². The van der Waals surface area contributed by atoms with Crippen LogP contribution < -0.4 is 9.80 Å². The third-order valence-electron chi connectivity index (χ3n) is 6.59. The lowest BCUT2D eigenvalue weighted by molar-refractivity contribution is -0.154. The zero-order valence-electron chi connectivity index (χ0n) is 21.0. The van der Waals surface area contributed by atoms with E-state index >= 15 is 0 Å². The fraction of sp³-hybridized carbons (Fsp3) is 0.385. The fourth-order valence-corrected chi connectivity index (χ4v) is 4.60. The molecule has 2 saturated heterocycles. The van der Waals surface area contributed by atoms with E-state index in [1.807, 2.05) is 0 Å². The minimum Gasteiger partial charge on any atom is -0.465 e. The lowest BCUT2D eigenvalue weighted by Crippen LogP contribution is -2.58. The molecular formula is C26H26F3N3O6. The van der Waals surface area contributed by atoms with E-state index in [-0.39, 0.29) is 30.9 Å². The van der Waals surface area contributed by atoms with Gasteiger partial charge in [0.05, 0.1) is 31.8 Å². The van der Waals surface area contributed by atoms with E-state index in [2.05, 4.69) is 0 Å². The smallest absolute Gasteiger partial charge is 0.416 e. The summed E-state index contributed by atoms with van der Waals surface area (Å²) < 4.78 is 50.4. The van der Waals surface area contributed by atoms with Gasteiger partial charge < -0.3 is 9.47 Å². The molecular weight excluding hydrogens is 507 g/mol. The van der Waals surface area contributed by atoms with E-state index in [1.54, 1.807) is 32.0 Å². The Hall–Kier alpha value is -4.09. The Morgan fingerprint density at radius 3 is 2.45 bits per heavy atom. The van der Waals surface area contributed by atoms with Gasteiger partial charge >= 0.3 is 24.3 Å². The number of urea groups is 1. The number of hydrogen-bond acceptors (Lipinski definition) is 6. The van der Waals surface area contributed by atoms with Gasteiger partial charge in [-0.15, -0.1) is 0 Å². The number of esters is 1. The number of nitrogens with zero attached hydrogens (tertiary/aromatic N) is 3. The molecule has 202 valence electrons. The minimum atomic E-state index is -4.61. The van der Waals surface area contributed by atoms with Crippen molar-refractivity contribution in [2.45, 2.75) is 33.5 Å². The Balaban J connectivity index is 1.71. The predicted molar refractivity (Wildman–Crippen MR) is 129 cm³/mol. The Kier molecular flexibility index (Phi) is 7.34. The van der Waals surface area contributed by atoms with Crippen LogP contribution in [0.5, 0.6) is 0 Å². The van der Waals surface area contributed by atoms with Crippen molar-refractivity contribution in [1.29, 1.82) is 0 Å². The number of hydrogen-bond donors (Lipinski definition) is 0. The summed E-state index contributed by atoms with van der Waals surface area (Å²) in [6.07, 6.45) is -5.11. The third kappa shape index (κ3) is 5.02. The monoisotopic (exact) mass is 533 g/mol. The van der Waals surface area contributed by atoms with Crippen molar-refractivity contribution in [3.05, 3.63) is 58.7 Å². The Labute approximate surface area is 216 Å². The summed E-state index contributed by atoms with van der Waals surface area (Å²) in [6.45, 7) is 4.39. The maximum absolute atomic E-state index is 13.6. The molecule has 2 aromatic rings. The third-order valence-corrected chi connectivity index (χ3v) is 6.59. The van der Waals surface area contributed by atoms with E-state index < -0.39 is 48.2 Å². The van der Waals surface area contributed by atoms with Gasteiger partial charge in [-0.25, -0.2) is 9.59 Å². The summed E-state index contributed by atoms with van der Waals surface area (Å²) in [5.74, 6) is -3.06. The molecule has 0 saturated carbocycles. The molecule has 2 aliphatic heterocycles. The number of amides is 4. The Morgan fingerprint density at radius 1 is 1.11 bits per heavy atom. The molecule has 0 radical (unpaired) electrons. The second-order valence-corrected chi connectivity index (χ2v) is 8.95. The number of benzene rings is 2. The highest BCUT2D eigenvalue weighted by molar-refractivity contribution is 6.12. The molecule has 1 unspecified atom stereocenters. The number of aryl methyl sites for hydroxylation is 1. The van der Waals surface area contributed by atoms with Crippen LogP contribution in [0.1, 0.15) is 29.2 Å². The summed E-state index contributed by atoms with van der Waals surface area (Å²) in [4.78, 5) is 54.9. The van der Waals surface area contributed by atoms with Crippen LogP contribution in [-0.2, 0) is 31.8 Å². The predicted octanol–water partition coefficient (Wildman–Crippen LogP) is 4.43. The van der Waals surface area contributed by atoms with Gasteiger partial charge in [-0.2, -0.15) is 13.2 Å². The van der Waals surface area contributed by atoms with Crippen LogP contribution in [0.2, 0.25) is 0 Å². The Bertz CT molecular complexity index is 1300. The second-order valence-electron chi connectivity index (χ2n) is 8.95. The van der Waals surface area contributed by atoms with E-state index in [4.69, 9.17) is 9.47 Å². The van der Waals surface area contributed by atoms with Crippen LogP contribution in [0.3, 0.4) is 0 Å². The van der Waals surface area contributed by atoms with Crippen LogP contribution in [0.4, 0.5) is 34.1 Å².